The molecule has 150 valence electrons. The number of rotatable bonds is 7. The highest BCUT2D eigenvalue weighted by Crippen LogP contribution is 2.24. The number of hydrogen-bond acceptors (Lipinski definition) is 4. The molecule has 0 bridgehead atoms. The summed E-state index contributed by atoms with van der Waals surface area (Å²) in [5.41, 5.74) is 6.84. The summed E-state index contributed by atoms with van der Waals surface area (Å²) in [5.74, 6) is -0.402. The van der Waals surface area contributed by atoms with Gasteiger partial charge in [-0.05, 0) is 48.9 Å². The van der Waals surface area contributed by atoms with E-state index in [0.29, 0.717) is 35.6 Å². The van der Waals surface area contributed by atoms with Crippen molar-refractivity contribution in [2.24, 2.45) is 5.73 Å². The number of benzene rings is 2. The normalized spacial score (nSPS) is 11.3. The van der Waals surface area contributed by atoms with Crippen molar-refractivity contribution < 1.29 is 18.0 Å². The van der Waals surface area contributed by atoms with Crippen LogP contribution in [0.15, 0.2) is 47.4 Å². The van der Waals surface area contributed by atoms with Crippen LogP contribution in [0, 0.1) is 6.92 Å². The van der Waals surface area contributed by atoms with Gasteiger partial charge in [-0.1, -0.05) is 19.9 Å². The summed E-state index contributed by atoms with van der Waals surface area (Å²) in [4.78, 5) is 23.5. The number of anilines is 2. The van der Waals surface area contributed by atoms with E-state index in [0.717, 1.165) is 0 Å². The van der Waals surface area contributed by atoms with Gasteiger partial charge >= 0.3 is 6.03 Å². The Morgan fingerprint density at radius 1 is 0.964 bits per heavy atom. The monoisotopic (exact) mass is 404 g/mol. The molecule has 0 heterocycles. The minimum atomic E-state index is -3.64. The molecule has 9 heteroatoms. The molecule has 2 aromatic carbocycles. The maximum Gasteiger partial charge on any atom is 0.316 e. The topological polar surface area (TPSA) is 122 Å². The predicted molar refractivity (Wildman–Crippen MR) is 109 cm³/mol. The number of urea groups is 1. The van der Waals surface area contributed by atoms with E-state index in [9.17, 15) is 18.0 Å². The first-order valence-corrected chi connectivity index (χ1v) is 10.2. The minimum absolute atomic E-state index is 0.162. The zero-order chi connectivity index (χ0) is 20.9. The third kappa shape index (κ3) is 4.87. The lowest BCUT2D eigenvalue weighted by atomic mass is 10.1. The SMILES string of the molecule is CCN(CC)S(=O)(=O)c1cc(NC(=O)c2ccc(NC(N)=O)cc2)ccc1C. The summed E-state index contributed by atoms with van der Waals surface area (Å²) in [6, 6.07) is 10.2. The summed E-state index contributed by atoms with van der Waals surface area (Å²) < 4.78 is 27.0. The third-order valence-electron chi connectivity index (χ3n) is 4.18. The van der Waals surface area contributed by atoms with Crippen molar-refractivity contribution in [3.05, 3.63) is 53.6 Å². The lowest BCUT2D eigenvalue weighted by molar-refractivity contribution is 0.102. The van der Waals surface area contributed by atoms with Gasteiger partial charge in [-0.3, -0.25) is 4.79 Å². The second-order valence-corrected chi connectivity index (χ2v) is 8.00. The fourth-order valence-corrected chi connectivity index (χ4v) is 4.42. The molecule has 0 fully saturated rings. The summed E-state index contributed by atoms with van der Waals surface area (Å²) in [6.07, 6.45) is 0. The van der Waals surface area contributed by atoms with Gasteiger partial charge < -0.3 is 16.4 Å². The molecule has 2 aromatic rings. The Morgan fingerprint density at radius 2 is 1.54 bits per heavy atom. The summed E-state index contributed by atoms with van der Waals surface area (Å²) in [5, 5.41) is 5.11. The van der Waals surface area contributed by atoms with Crippen molar-refractivity contribution in [1.82, 2.24) is 4.31 Å². The van der Waals surface area contributed by atoms with Gasteiger partial charge in [0.1, 0.15) is 0 Å². The van der Waals surface area contributed by atoms with Crippen LogP contribution < -0.4 is 16.4 Å². The van der Waals surface area contributed by atoms with Gasteiger partial charge in [0.05, 0.1) is 4.90 Å². The standard InChI is InChI=1S/C19H24N4O4S/c1-4-23(5-2)28(26,27)17-12-16(9-6-13(17)3)21-18(24)14-7-10-15(11-8-14)22-19(20)25/h6-12H,4-5H2,1-3H3,(H,21,24)(H3,20,22,25). The Kier molecular flexibility index (Phi) is 6.76. The second-order valence-electron chi connectivity index (χ2n) is 6.09. The molecule has 0 saturated heterocycles. The smallest absolute Gasteiger partial charge is 0.316 e. The van der Waals surface area contributed by atoms with E-state index in [1.165, 1.54) is 22.5 Å². The van der Waals surface area contributed by atoms with E-state index >= 15 is 0 Å². The zero-order valence-corrected chi connectivity index (χ0v) is 16.8. The Bertz CT molecular complexity index is 968. The second kappa shape index (κ2) is 8.85. The molecule has 3 amide bonds. The largest absolute Gasteiger partial charge is 0.351 e. The first-order chi connectivity index (χ1) is 13.2. The maximum absolute atomic E-state index is 12.8. The predicted octanol–water partition coefficient (Wildman–Crippen LogP) is 2.77. The number of carbonyl (C=O) groups is 2. The molecule has 0 radical (unpaired) electrons. The number of nitrogens with zero attached hydrogens (tertiary/aromatic N) is 1. The van der Waals surface area contributed by atoms with E-state index in [1.807, 2.05) is 0 Å². The van der Waals surface area contributed by atoms with Crippen molar-refractivity contribution >= 4 is 33.3 Å². The Hall–Kier alpha value is -2.91. The lowest BCUT2D eigenvalue weighted by Crippen LogP contribution is -2.31. The highest BCUT2D eigenvalue weighted by Gasteiger charge is 2.24. The van der Waals surface area contributed by atoms with Crippen LogP contribution in [-0.4, -0.2) is 37.8 Å². The first kappa shape index (κ1) is 21.4. The van der Waals surface area contributed by atoms with Crippen LogP contribution in [0.5, 0.6) is 0 Å². The lowest BCUT2D eigenvalue weighted by Gasteiger charge is -2.20. The van der Waals surface area contributed by atoms with Crippen molar-refractivity contribution in [3.63, 3.8) is 0 Å². The van der Waals surface area contributed by atoms with Crippen molar-refractivity contribution in [1.29, 1.82) is 0 Å². The zero-order valence-electron chi connectivity index (χ0n) is 16.0. The van der Waals surface area contributed by atoms with Crippen LogP contribution >= 0.6 is 0 Å². The average molecular weight is 404 g/mol. The van der Waals surface area contributed by atoms with E-state index in [1.54, 1.807) is 45.0 Å². The van der Waals surface area contributed by atoms with Gasteiger partial charge in [0.2, 0.25) is 10.0 Å². The molecule has 0 aromatic heterocycles. The average Bonchev–Trinajstić information content (AvgIpc) is 2.64. The molecule has 0 atom stereocenters. The number of hydrogen-bond donors (Lipinski definition) is 3. The van der Waals surface area contributed by atoms with Gasteiger partial charge in [0, 0.05) is 30.0 Å². The number of nitrogens with one attached hydrogen (secondary N) is 2. The summed E-state index contributed by atoms with van der Waals surface area (Å²) >= 11 is 0. The summed E-state index contributed by atoms with van der Waals surface area (Å²) in [7, 11) is -3.64. The molecule has 28 heavy (non-hydrogen) atoms. The molecule has 4 N–H and O–H groups in total. The van der Waals surface area contributed by atoms with Crippen molar-refractivity contribution in [2.75, 3.05) is 23.7 Å². The molecule has 2 rings (SSSR count). The Balaban J connectivity index is 2.25. The molecule has 0 unspecified atom stereocenters. The fourth-order valence-electron chi connectivity index (χ4n) is 2.71. The van der Waals surface area contributed by atoms with Gasteiger partial charge in [-0.25, -0.2) is 13.2 Å². The number of aryl methyl sites for hydroxylation is 1. The number of primary amides is 1. The fraction of sp³-hybridized carbons (Fsp3) is 0.263. The summed E-state index contributed by atoms with van der Waals surface area (Å²) in [6.45, 7) is 5.99. The van der Waals surface area contributed by atoms with E-state index in [2.05, 4.69) is 10.6 Å². The van der Waals surface area contributed by atoms with Crippen LogP contribution in [0.4, 0.5) is 16.2 Å². The molecule has 0 aliphatic carbocycles. The van der Waals surface area contributed by atoms with E-state index in [-0.39, 0.29) is 4.90 Å². The highest BCUT2D eigenvalue weighted by atomic mass is 32.2. The van der Waals surface area contributed by atoms with E-state index in [4.69, 9.17) is 5.73 Å². The van der Waals surface area contributed by atoms with Gasteiger partial charge in [0.15, 0.2) is 0 Å². The Morgan fingerprint density at radius 3 is 2.07 bits per heavy atom. The molecular formula is C19H24N4O4S. The van der Waals surface area contributed by atoms with Gasteiger partial charge in [0.25, 0.3) is 5.91 Å². The van der Waals surface area contributed by atoms with Crippen molar-refractivity contribution in [3.8, 4) is 0 Å². The quantitative estimate of drug-likeness (QED) is 0.657. The number of sulfonamides is 1. The van der Waals surface area contributed by atoms with Crippen LogP contribution in [0.1, 0.15) is 29.8 Å². The minimum Gasteiger partial charge on any atom is -0.351 e. The van der Waals surface area contributed by atoms with Crippen molar-refractivity contribution in [2.45, 2.75) is 25.7 Å². The maximum atomic E-state index is 12.8. The molecule has 0 aliphatic heterocycles. The molecule has 0 saturated carbocycles. The van der Waals surface area contributed by atoms with E-state index < -0.39 is 22.0 Å². The van der Waals surface area contributed by atoms with Crippen LogP contribution in [0.2, 0.25) is 0 Å². The van der Waals surface area contributed by atoms with Gasteiger partial charge in [-0.2, -0.15) is 4.31 Å². The molecule has 8 nitrogen and oxygen atoms in total. The highest BCUT2D eigenvalue weighted by molar-refractivity contribution is 7.89. The number of amides is 3. The number of nitrogens with two attached hydrogens (primary N) is 1. The first-order valence-electron chi connectivity index (χ1n) is 8.77. The third-order valence-corrected chi connectivity index (χ3v) is 6.38. The number of carbonyl (C=O) groups excluding carboxylic acids is 2. The Labute approximate surface area is 164 Å². The van der Waals surface area contributed by atoms with Crippen LogP contribution in [-0.2, 0) is 10.0 Å². The van der Waals surface area contributed by atoms with Crippen LogP contribution in [0.25, 0.3) is 0 Å². The van der Waals surface area contributed by atoms with Gasteiger partial charge in [-0.15, -0.1) is 0 Å². The molecule has 0 aliphatic rings. The molecular weight excluding hydrogens is 380 g/mol. The molecule has 0 spiro atoms. The van der Waals surface area contributed by atoms with Crippen LogP contribution in [0.3, 0.4) is 0 Å².